The third kappa shape index (κ3) is 4.00. The Morgan fingerprint density at radius 1 is 1.00 bits per heavy atom. The van der Waals surface area contributed by atoms with E-state index in [1.54, 1.807) is 12.5 Å². The van der Waals surface area contributed by atoms with Gasteiger partial charge in [-0.15, -0.1) is 0 Å². The molecule has 4 rings (SSSR count). The highest BCUT2D eigenvalue weighted by molar-refractivity contribution is 5.54. The summed E-state index contributed by atoms with van der Waals surface area (Å²) in [5.74, 6) is 3.00. The van der Waals surface area contributed by atoms with E-state index in [1.165, 1.54) is 12.8 Å². The molecule has 0 aliphatic carbocycles. The molecular weight excluding hydrogens is 316 g/mol. The summed E-state index contributed by atoms with van der Waals surface area (Å²) >= 11 is 0. The second-order valence-corrected chi connectivity index (χ2v) is 6.04. The molecule has 1 atom stereocenters. The molecule has 128 valence electrons. The lowest BCUT2D eigenvalue weighted by Gasteiger charge is -2.12. The van der Waals surface area contributed by atoms with Gasteiger partial charge in [0.2, 0.25) is 5.89 Å². The summed E-state index contributed by atoms with van der Waals surface area (Å²) in [4.78, 5) is 4.13. The van der Waals surface area contributed by atoms with Crippen LogP contribution in [0.3, 0.4) is 0 Å². The van der Waals surface area contributed by atoms with Crippen LogP contribution < -0.4 is 14.8 Å². The van der Waals surface area contributed by atoms with E-state index in [-0.39, 0.29) is 0 Å². The van der Waals surface area contributed by atoms with Gasteiger partial charge >= 0.3 is 0 Å². The summed E-state index contributed by atoms with van der Waals surface area (Å²) in [6.45, 7) is 1.80. The molecule has 1 aromatic heterocycles. The maximum atomic E-state index is 5.86. The molecule has 1 N–H and O–H groups in total. The second kappa shape index (κ2) is 7.40. The molecule has 2 aromatic carbocycles. The average Bonchev–Trinajstić information content (AvgIpc) is 3.36. The zero-order valence-corrected chi connectivity index (χ0v) is 13.9. The van der Waals surface area contributed by atoms with Gasteiger partial charge in [-0.05, 0) is 67.9 Å². The van der Waals surface area contributed by atoms with Crippen LogP contribution in [-0.4, -0.2) is 24.2 Å². The molecule has 0 unspecified atom stereocenters. The van der Waals surface area contributed by atoms with E-state index in [0.717, 1.165) is 29.4 Å². The Balaban J connectivity index is 1.34. The van der Waals surface area contributed by atoms with Crippen LogP contribution in [0.25, 0.3) is 11.5 Å². The lowest BCUT2D eigenvalue weighted by atomic mass is 10.2. The fourth-order valence-corrected chi connectivity index (χ4v) is 2.87. The molecule has 5 heteroatoms. The minimum Gasteiger partial charge on any atom is -0.492 e. The number of nitrogens with zero attached hydrogens (tertiary/aromatic N) is 1. The molecule has 5 nitrogen and oxygen atoms in total. The van der Waals surface area contributed by atoms with E-state index in [1.807, 2.05) is 48.5 Å². The minimum atomic E-state index is 0.470. The summed E-state index contributed by atoms with van der Waals surface area (Å²) in [5, 5.41) is 3.42. The van der Waals surface area contributed by atoms with Crippen molar-refractivity contribution in [1.82, 2.24) is 10.3 Å². The normalized spacial score (nSPS) is 16.7. The monoisotopic (exact) mass is 336 g/mol. The van der Waals surface area contributed by atoms with Crippen molar-refractivity contribution in [2.45, 2.75) is 18.9 Å². The summed E-state index contributed by atoms with van der Waals surface area (Å²) in [7, 11) is 0. The van der Waals surface area contributed by atoms with Crippen LogP contribution in [0.1, 0.15) is 12.8 Å². The fourth-order valence-electron chi connectivity index (χ4n) is 2.87. The maximum absolute atomic E-state index is 5.86. The van der Waals surface area contributed by atoms with Gasteiger partial charge in [0.05, 0.1) is 6.20 Å². The molecule has 25 heavy (non-hydrogen) atoms. The van der Waals surface area contributed by atoms with Gasteiger partial charge in [0.1, 0.15) is 30.1 Å². The lowest BCUT2D eigenvalue weighted by Crippen LogP contribution is -2.28. The van der Waals surface area contributed by atoms with Gasteiger partial charge in [-0.25, -0.2) is 4.98 Å². The predicted octanol–water partition coefficient (Wildman–Crippen LogP) is 4.26. The largest absolute Gasteiger partial charge is 0.492 e. The van der Waals surface area contributed by atoms with Gasteiger partial charge in [0.25, 0.3) is 0 Å². The molecule has 1 fully saturated rings. The Morgan fingerprint density at radius 2 is 1.72 bits per heavy atom. The smallest absolute Gasteiger partial charge is 0.225 e. The Morgan fingerprint density at radius 3 is 2.36 bits per heavy atom. The molecule has 1 aliphatic rings. The lowest BCUT2D eigenvalue weighted by molar-refractivity contribution is 0.277. The third-order valence-corrected chi connectivity index (χ3v) is 4.21. The van der Waals surface area contributed by atoms with E-state index < -0.39 is 0 Å². The van der Waals surface area contributed by atoms with Gasteiger partial charge in [-0.1, -0.05) is 0 Å². The second-order valence-electron chi connectivity index (χ2n) is 6.04. The van der Waals surface area contributed by atoms with Crippen molar-refractivity contribution in [1.29, 1.82) is 0 Å². The molecule has 0 saturated carbocycles. The van der Waals surface area contributed by atoms with Gasteiger partial charge in [0.15, 0.2) is 0 Å². The molecule has 0 bridgehead atoms. The van der Waals surface area contributed by atoms with Crippen LogP contribution in [0.2, 0.25) is 0 Å². The Hall–Kier alpha value is -2.79. The standard InChI is InChI=1S/C20H20N2O3/c1-2-16(21-11-1)14-24-17-7-9-19(10-8-17)25-18-5-3-15(4-6-18)20-22-12-13-23-20/h3-10,12-13,16,21H,1-2,11,14H2/t16-/m0/s1. The van der Waals surface area contributed by atoms with Crippen molar-refractivity contribution in [3.63, 3.8) is 0 Å². The Labute approximate surface area is 146 Å². The highest BCUT2D eigenvalue weighted by Gasteiger charge is 2.14. The van der Waals surface area contributed by atoms with Gasteiger partial charge in [-0.2, -0.15) is 0 Å². The number of benzene rings is 2. The quantitative estimate of drug-likeness (QED) is 0.729. The van der Waals surface area contributed by atoms with Crippen molar-refractivity contribution in [3.8, 4) is 28.7 Å². The van der Waals surface area contributed by atoms with Gasteiger partial charge in [-0.3, -0.25) is 0 Å². The van der Waals surface area contributed by atoms with E-state index in [9.17, 15) is 0 Å². The van der Waals surface area contributed by atoms with E-state index in [4.69, 9.17) is 13.9 Å². The summed E-state index contributed by atoms with van der Waals surface area (Å²) in [5.41, 5.74) is 0.918. The summed E-state index contributed by atoms with van der Waals surface area (Å²) in [6, 6.07) is 15.8. The molecule has 1 aliphatic heterocycles. The topological polar surface area (TPSA) is 56.5 Å². The number of rotatable bonds is 6. The van der Waals surface area contributed by atoms with Crippen LogP contribution >= 0.6 is 0 Å². The third-order valence-electron chi connectivity index (χ3n) is 4.21. The van der Waals surface area contributed by atoms with Crippen LogP contribution in [0.15, 0.2) is 65.4 Å². The maximum Gasteiger partial charge on any atom is 0.225 e. The van der Waals surface area contributed by atoms with Gasteiger partial charge < -0.3 is 19.2 Å². The van der Waals surface area contributed by atoms with Crippen LogP contribution in [0, 0.1) is 0 Å². The molecule has 3 aromatic rings. The van der Waals surface area contributed by atoms with Gasteiger partial charge in [0, 0.05) is 11.6 Å². The first-order valence-corrected chi connectivity index (χ1v) is 8.51. The average molecular weight is 336 g/mol. The minimum absolute atomic E-state index is 0.470. The van der Waals surface area contributed by atoms with Crippen LogP contribution in [0.5, 0.6) is 17.2 Å². The summed E-state index contributed by atoms with van der Waals surface area (Å²) < 4.78 is 17.0. The van der Waals surface area contributed by atoms with Crippen molar-refractivity contribution < 1.29 is 13.9 Å². The highest BCUT2D eigenvalue weighted by Crippen LogP contribution is 2.26. The molecule has 2 heterocycles. The number of hydrogen-bond donors (Lipinski definition) is 1. The number of hydrogen-bond acceptors (Lipinski definition) is 5. The van der Waals surface area contributed by atoms with E-state index in [2.05, 4.69) is 10.3 Å². The molecule has 1 saturated heterocycles. The zero-order chi connectivity index (χ0) is 16.9. The molecular formula is C20H20N2O3. The highest BCUT2D eigenvalue weighted by atomic mass is 16.5. The number of aromatic nitrogens is 1. The predicted molar refractivity (Wildman–Crippen MR) is 95.0 cm³/mol. The zero-order valence-electron chi connectivity index (χ0n) is 13.9. The SMILES string of the molecule is c1coc(-c2ccc(Oc3ccc(OC[C@@H]4CCCN4)cc3)cc2)n1. The van der Waals surface area contributed by atoms with E-state index in [0.29, 0.717) is 18.5 Å². The van der Waals surface area contributed by atoms with Crippen molar-refractivity contribution >= 4 is 0 Å². The summed E-state index contributed by atoms with van der Waals surface area (Å²) in [6.07, 6.45) is 5.61. The number of ether oxygens (including phenoxy) is 2. The van der Waals surface area contributed by atoms with Crippen LogP contribution in [0.4, 0.5) is 0 Å². The van der Waals surface area contributed by atoms with Crippen molar-refractivity contribution in [2.24, 2.45) is 0 Å². The Kier molecular flexibility index (Phi) is 4.65. The van der Waals surface area contributed by atoms with Crippen molar-refractivity contribution in [2.75, 3.05) is 13.2 Å². The molecule has 0 amide bonds. The number of nitrogens with one attached hydrogen (secondary N) is 1. The van der Waals surface area contributed by atoms with E-state index >= 15 is 0 Å². The number of oxazole rings is 1. The first-order valence-electron chi connectivity index (χ1n) is 8.51. The fraction of sp³-hybridized carbons (Fsp3) is 0.250. The first kappa shape index (κ1) is 15.7. The molecule has 0 spiro atoms. The van der Waals surface area contributed by atoms with Crippen molar-refractivity contribution in [3.05, 3.63) is 61.0 Å². The van der Waals surface area contributed by atoms with Crippen LogP contribution in [-0.2, 0) is 0 Å². The Bertz CT molecular complexity index is 777. The first-order chi connectivity index (χ1) is 12.4. The molecule has 0 radical (unpaired) electrons.